The second-order valence-corrected chi connectivity index (χ2v) is 8.51. The molecule has 1 fully saturated rings. The normalized spacial score (nSPS) is 16.0. The van der Waals surface area contributed by atoms with Gasteiger partial charge >= 0.3 is 6.36 Å². The van der Waals surface area contributed by atoms with Crippen LogP contribution in [0, 0.1) is 0 Å². The Hall–Kier alpha value is -2.60. The van der Waals surface area contributed by atoms with Crippen LogP contribution in [0.25, 0.3) is 0 Å². The summed E-state index contributed by atoms with van der Waals surface area (Å²) < 4.78 is 67.4. The van der Waals surface area contributed by atoms with E-state index in [4.69, 9.17) is 0 Å². The highest BCUT2D eigenvalue weighted by atomic mass is 32.2. The van der Waals surface area contributed by atoms with E-state index >= 15 is 0 Å². The summed E-state index contributed by atoms with van der Waals surface area (Å²) in [5.41, 5.74) is 0.881. The Kier molecular flexibility index (Phi) is 5.85. The van der Waals surface area contributed by atoms with E-state index in [2.05, 4.69) is 14.9 Å². The minimum Gasteiger partial charge on any atom is -0.406 e. The van der Waals surface area contributed by atoms with Crippen molar-refractivity contribution < 1.29 is 26.3 Å². The topological polar surface area (TPSA) is 78.9 Å². The number of nitrogens with zero attached hydrogens (tertiary/aromatic N) is 5. The summed E-state index contributed by atoms with van der Waals surface area (Å²) in [4.78, 5) is 3.74. The standard InChI is InChI=1S/C17H20F3N5O3S/c1-23(2)13-11-16(22-21-12-13)24-7-9-25(10-8-24)29(26,27)15-5-3-14(4-6-15)28-17(18,19)20/h3-6,11-12H,7-10H2,1-2H3. The first-order valence-corrected chi connectivity index (χ1v) is 10.1. The Morgan fingerprint density at radius 1 is 1.07 bits per heavy atom. The maximum absolute atomic E-state index is 12.8. The van der Waals surface area contributed by atoms with Crippen LogP contribution in [0.1, 0.15) is 0 Å². The molecule has 1 aromatic heterocycles. The summed E-state index contributed by atoms with van der Waals surface area (Å²) in [5.74, 6) is 0.183. The zero-order valence-electron chi connectivity index (χ0n) is 15.8. The molecule has 12 heteroatoms. The largest absolute Gasteiger partial charge is 0.573 e. The van der Waals surface area contributed by atoms with Gasteiger partial charge in [-0.1, -0.05) is 0 Å². The summed E-state index contributed by atoms with van der Waals surface area (Å²) in [6.45, 7) is 1.27. The predicted octanol–water partition coefficient (Wildman–Crippen LogP) is 1.95. The van der Waals surface area contributed by atoms with Crippen molar-refractivity contribution in [2.75, 3.05) is 50.1 Å². The molecule has 1 aliphatic rings. The van der Waals surface area contributed by atoms with E-state index in [0.717, 1.165) is 30.0 Å². The molecule has 0 aliphatic carbocycles. The fourth-order valence-electron chi connectivity index (χ4n) is 2.86. The highest BCUT2D eigenvalue weighted by Gasteiger charge is 2.32. The van der Waals surface area contributed by atoms with Crippen molar-refractivity contribution in [3.63, 3.8) is 0 Å². The van der Waals surface area contributed by atoms with Crippen molar-refractivity contribution >= 4 is 21.5 Å². The Labute approximate surface area is 166 Å². The molecule has 158 valence electrons. The third-order valence-electron chi connectivity index (χ3n) is 4.40. The molecule has 1 aliphatic heterocycles. The van der Waals surface area contributed by atoms with Gasteiger partial charge in [0, 0.05) is 46.3 Å². The van der Waals surface area contributed by atoms with E-state index in [-0.39, 0.29) is 18.0 Å². The maximum atomic E-state index is 12.8. The Balaban J connectivity index is 1.67. The molecule has 0 amide bonds. The average Bonchev–Trinajstić information content (AvgIpc) is 2.67. The van der Waals surface area contributed by atoms with Crippen LogP contribution >= 0.6 is 0 Å². The van der Waals surface area contributed by atoms with Crippen molar-refractivity contribution in [2.45, 2.75) is 11.3 Å². The molecular weight excluding hydrogens is 411 g/mol. The lowest BCUT2D eigenvalue weighted by Crippen LogP contribution is -2.49. The lowest BCUT2D eigenvalue weighted by molar-refractivity contribution is -0.274. The molecule has 29 heavy (non-hydrogen) atoms. The SMILES string of the molecule is CN(C)c1cnnc(N2CCN(S(=O)(=O)c3ccc(OC(F)(F)F)cc3)CC2)c1. The number of anilines is 2. The van der Waals surface area contributed by atoms with Crippen molar-refractivity contribution in [1.82, 2.24) is 14.5 Å². The number of ether oxygens (including phenoxy) is 1. The van der Waals surface area contributed by atoms with Crippen molar-refractivity contribution in [3.05, 3.63) is 36.5 Å². The quantitative estimate of drug-likeness (QED) is 0.716. The molecule has 0 atom stereocenters. The van der Waals surface area contributed by atoms with Gasteiger partial charge < -0.3 is 14.5 Å². The van der Waals surface area contributed by atoms with Crippen LogP contribution in [0.3, 0.4) is 0 Å². The molecule has 0 spiro atoms. The number of hydrogen-bond acceptors (Lipinski definition) is 7. The Bertz CT molecular complexity index is 944. The van der Waals surface area contributed by atoms with Crippen LogP contribution in [-0.2, 0) is 10.0 Å². The molecule has 0 unspecified atom stereocenters. The summed E-state index contributed by atoms with van der Waals surface area (Å²) in [6.07, 6.45) is -3.19. The minimum atomic E-state index is -4.83. The first kappa shape index (κ1) is 21.1. The molecule has 0 N–H and O–H groups in total. The van der Waals surface area contributed by atoms with Gasteiger partial charge in [0.25, 0.3) is 0 Å². The van der Waals surface area contributed by atoms with E-state index in [1.54, 1.807) is 6.20 Å². The molecule has 0 radical (unpaired) electrons. The van der Waals surface area contributed by atoms with Crippen molar-refractivity contribution in [2.24, 2.45) is 0 Å². The number of piperazine rings is 1. The van der Waals surface area contributed by atoms with E-state index in [0.29, 0.717) is 18.9 Å². The fourth-order valence-corrected chi connectivity index (χ4v) is 4.29. The first-order chi connectivity index (χ1) is 13.6. The number of benzene rings is 1. The van der Waals surface area contributed by atoms with Gasteiger partial charge in [0.05, 0.1) is 16.8 Å². The molecule has 0 bridgehead atoms. The predicted molar refractivity (Wildman–Crippen MR) is 100 cm³/mol. The van der Waals surface area contributed by atoms with Crippen LogP contribution < -0.4 is 14.5 Å². The third kappa shape index (κ3) is 5.07. The summed E-state index contributed by atoms with van der Waals surface area (Å²) in [7, 11) is -0.0536. The number of hydrogen-bond donors (Lipinski definition) is 0. The summed E-state index contributed by atoms with van der Waals surface area (Å²) in [5, 5.41) is 8.08. The third-order valence-corrected chi connectivity index (χ3v) is 6.31. The fraction of sp³-hybridized carbons (Fsp3) is 0.412. The average molecular weight is 431 g/mol. The number of halogens is 3. The second-order valence-electron chi connectivity index (χ2n) is 6.58. The summed E-state index contributed by atoms with van der Waals surface area (Å²) >= 11 is 0. The van der Waals surface area contributed by atoms with Crippen LogP contribution in [0.5, 0.6) is 5.75 Å². The molecule has 8 nitrogen and oxygen atoms in total. The van der Waals surface area contributed by atoms with Gasteiger partial charge in [-0.15, -0.1) is 18.3 Å². The van der Waals surface area contributed by atoms with E-state index in [1.807, 2.05) is 30.0 Å². The zero-order chi connectivity index (χ0) is 21.2. The lowest BCUT2D eigenvalue weighted by Gasteiger charge is -2.34. The van der Waals surface area contributed by atoms with Gasteiger partial charge in [0.15, 0.2) is 5.82 Å². The smallest absolute Gasteiger partial charge is 0.406 e. The number of rotatable bonds is 5. The number of aromatic nitrogens is 2. The minimum absolute atomic E-state index is 0.0881. The summed E-state index contributed by atoms with van der Waals surface area (Å²) in [6, 6.07) is 6.05. The van der Waals surface area contributed by atoms with Gasteiger partial charge in [-0.2, -0.15) is 9.40 Å². The highest BCUT2D eigenvalue weighted by Crippen LogP contribution is 2.26. The van der Waals surface area contributed by atoms with Gasteiger partial charge in [0.1, 0.15) is 5.75 Å². The van der Waals surface area contributed by atoms with Gasteiger partial charge in [-0.05, 0) is 24.3 Å². The van der Waals surface area contributed by atoms with Gasteiger partial charge in [-0.3, -0.25) is 0 Å². The Morgan fingerprint density at radius 3 is 2.24 bits per heavy atom. The maximum Gasteiger partial charge on any atom is 0.573 e. The molecule has 2 heterocycles. The monoisotopic (exact) mass is 431 g/mol. The van der Waals surface area contributed by atoms with Crippen LogP contribution in [0.2, 0.25) is 0 Å². The van der Waals surface area contributed by atoms with Crippen molar-refractivity contribution in [1.29, 1.82) is 0 Å². The zero-order valence-corrected chi connectivity index (χ0v) is 16.6. The number of alkyl halides is 3. The second kappa shape index (κ2) is 8.03. The molecule has 3 rings (SSSR count). The first-order valence-electron chi connectivity index (χ1n) is 8.67. The van der Waals surface area contributed by atoms with E-state index in [9.17, 15) is 21.6 Å². The van der Waals surface area contributed by atoms with E-state index in [1.165, 1.54) is 4.31 Å². The lowest BCUT2D eigenvalue weighted by atomic mass is 10.3. The molecule has 1 saturated heterocycles. The van der Waals surface area contributed by atoms with E-state index < -0.39 is 22.1 Å². The Morgan fingerprint density at radius 2 is 1.69 bits per heavy atom. The molecule has 1 aromatic carbocycles. The molecule has 2 aromatic rings. The van der Waals surface area contributed by atoms with Gasteiger partial charge in [0.2, 0.25) is 10.0 Å². The number of sulfonamides is 1. The van der Waals surface area contributed by atoms with Crippen molar-refractivity contribution in [3.8, 4) is 5.75 Å². The molecular formula is C17H20F3N5O3S. The molecule has 0 saturated carbocycles. The van der Waals surface area contributed by atoms with Gasteiger partial charge in [-0.25, -0.2) is 8.42 Å². The van der Waals surface area contributed by atoms with Crippen LogP contribution in [0.4, 0.5) is 24.7 Å². The van der Waals surface area contributed by atoms with Crippen LogP contribution in [-0.4, -0.2) is 69.6 Å². The van der Waals surface area contributed by atoms with Crippen LogP contribution in [0.15, 0.2) is 41.4 Å². The highest BCUT2D eigenvalue weighted by molar-refractivity contribution is 7.89.